The van der Waals surface area contributed by atoms with Crippen LogP contribution in [-0.4, -0.2) is 53.8 Å². The molecule has 0 saturated heterocycles. The molecule has 1 amide bonds. The van der Waals surface area contributed by atoms with Crippen LogP contribution in [0.2, 0.25) is 0 Å². The Morgan fingerprint density at radius 2 is 0.760 bits per heavy atom. The van der Waals surface area contributed by atoms with Gasteiger partial charge < -0.3 is 19.1 Å². The van der Waals surface area contributed by atoms with Crippen LogP contribution >= 0.6 is 0 Å². The molecule has 0 aromatic carbocycles. The maximum Gasteiger partial charge on any atom is 0.410 e. The zero-order valence-corrected chi connectivity index (χ0v) is 34.3. The number of hydrogen-bond acceptors (Lipinski definition) is 6. The number of unbranched alkanes of at least 4 members (excludes halogenated alkanes) is 16. The van der Waals surface area contributed by atoms with Crippen LogP contribution in [0.4, 0.5) is 4.79 Å². The van der Waals surface area contributed by atoms with Gasteiger partial charge in [0.25, 0.3) is 0 Å². The lowest BCUT2D eigenvalue weighted by molar-refractivity contribution is -0.150. The fraction of sp³-hybridized carbons (Fsp3) is 0.930. The van der Waals surface area contributed by atoms with Crippen LogP contribution in [0.25, 0.3) is 0 Å². The molecule has 0 aromatic rings. The smallest absolute Gasteiger partial charge is 0.410 e. The van der Waals surface area contributed by atoms with Gasteiger partial charge in [0.1, 0.15) is 17.8 Å². The molecule has 296 valence electrons. The van der Waals surface area contributed by atoms with Gasteiger partial charge in [-0.3, -0.25) is 9.59 Å². The Morgan fingerprint density at radius 3 is 1.04 bits per heavy atom. The molecule has 50 heavy (non-hydrogen) atoms. The third kappa shape index (κ3) is 31.0. The highest BCUT2D eigenvalue weighted by Crippen LogP contribution is 2.20. The molecule has 0 rings (SSSR count). The predicted octanol–water partition coefficient (Wildman–Crippen LogP) is 13.0. The fourth-order valence-corrected chi connectivity index (χ4v) is 6.37. The number of ether oxygens (including phenoxy) is 3. The summed E-state index contributed by atoms with van der Waals surface area (Å²) >= 11 is 0. The lowest BCUT2D eigenvalue weighted by Gasteiger charge is -2.27. The Balaban J connectivity index is 5.02. The van der Waals surface area contributed by atoms with E-state index in [0.29, 0.717) is 25.9 Å². The van der Waals surface area contributed by atoms with E-state index < -0.39 is 11.7 Å². The van der Waals surface area contributed by atoms with Crippen molar-refractivity contribution in [3.63, 3.8) is 0 Å². The number of carbonyl (C=O) groups excluding carboxylic acids is 3. The molecule has 0 radical (unpaired) electrons. The summed E-state index contributed by atoms with van der Waals surface area (Å²) in [5.74, 6) is -0.361. The second kappa shape index (κ2) is 33.1. The average molecular weight is 710 g/mol. The van der Waals surface area contributed by atoms with Crippen LogP contribution in [0, 0.1) is 0 Å². The standard InChI is InChI=1S/C43H83NO6/c1-8-12-16-20-24-30-38(31-25-21-17-13-9-2)48-40(45)34-28-36-44(42(47)50-43(5,6)7)37-29-35-41(46)49-39(32-26-22-18-14-10-3)33-27-23-19-15-11-4/h38-39H,8-37H2,1-7H3. The molecular weight excluding hydrogens is 626 g/mol. The molecule has 0 N–H and O–H groups in total. The number of hydrogen-bond donors (Lipinski definition) is 0. The van der Waals surface area contributed by atoms with E-state index in [4.69, 9.17) is 14.2 Å². The van der Waals surface area contributed by atoms with Crippen LogP contribution in [0.3, 0.4) is 0 Å². The van der Waals surface area contributed by atoms with Crippen molar-refractivity contribution in [2.24, 2.45) is 0 Å². The minimum atomic E-state index is -0.629. The fourth-order valence-electron chi connectivity index (χ4n) is 6.37. The second-order valence-electron chi connectivity index (χ2n) is 15.7. The van der Waals surface area contributed by atoms with Crippen LogP contribution in [0.5, 0.6) is 0 Å². The van der Waals surface area contributed by atoms with Crippen LogP contribution in [0.15, 0.2) is 0 Å². The van der Waals surface area contributed by atoms with E-state index in [2.05, 4.69) is 27.7 Å². The Hall–Kier alpha value is -1.79. The van der Waals surface area contributed by atoms with E-state index >= 15 is 0 Å². The quantitative estimate of drug-likeness (QED) is 0.0376. The summed E-state index contributed by atoms with van der Waals surface area (Å²) in [5, 5.41) is 0. The van der Waals surface area contributed by atoms with Crippen LogP contribution in [-0.2, 0) is 23.8 Å². The van der Waals surface area contributed by atoms with Crippen molar-refractivity contribution < 1.29 is 28.6 Å². The molecule has 7 nitrogen and oxygen atoms in total. The second-order valence-corrected chi connectivity index (χ2v) is 15.7. The number of nitrogens with zero attached hydrogens (tertiary/aromatic N) is 1. The van der Waals surface area contributed by atoms with Gasteiger partial charge in [-0.25, -0.2) is 4.79 Å². The van der Waals surface area contributed by atoms with Crippen molar-refractivity contribution in [2.75, 3.05) is 13.1 Å². The Labute approximate surface area is 310 Å². The maximum absolute atomic E-state index is 13.1. The molecule has 0 unspecified atom stereocenters. The van der Waals surface area contributed by atoms with Crippen LogP contribution in [0.1, 0.15) is 228 Å². The molecule has 0 heterocycles. The molecule has 7 heteroatoms. The summed E-state index contributed by atoms with van der Waals surface area (Å²) < 4.78 is 17.7. The first kappa shape index (κ1) is 48.2. The SMILES string of the molecule is CCCCCCCC(CCCCCCC)OC(=O)CCCN(CCCC(=O)OC(CCCCCCC)CCCCCCC)C(=O)OC(C)(C)C. The third-order valence-corrected chi connectivity index (χ3v) is 9.38. The van der Waals surface area contributed by atoms with Gasteiger partial charge in [0, 0.05) is 25.9 Å². The van der Waals surface area contributed by atoms with E-state index in [9.17, 15) is 14.4 Å². The molecule has 0 spiro atoms. The van der Waals surface area contributed by atoms with E-state index in [1.165, 1.54) is 103 Å². The van der Waals surface area contributed by atoms with Gasteiger partial charge in [0.2, 0.25) is 0 Å². The minimum Gasteiger partial charge on any atom is -0.462 e. The van der Waals surface area contributed by atoms with Gasteiger partial charge in [0.15, 0.2) is 0 Å². The van der Waals surface area contributed by atoms with Crippen LogP contribution < -0.4 is 0 Å². The van der Waals surface area contributed by atoms with Gasteiger partial charge in [-0.2, -0.15) is 0 Å². The van der Waals surface area contributed by atoms with Crippen molar-refractivity contribution in [1.29, 1.82) is 0 Å². The number of esters is 2. The monoisotopic (exact) mass is 710 g/mol. The molecule has 0 saturated carbocycles. The van der Waals surface area contributed by atoms with Gasteiger partial charge in [0.05, 0.1) is 0 Å². The summed E-state index contributed by atoms with van der Waals surface area (Å²) in [5.41, 5.74) is -0.629. The van der Waals surface area contributed by atoms with Crippen molar-refractivity contribution >= 4 is 18.0 Å². The van der Waals surface area contributed by atoms with E-state index in [0.717, 1.165) is 51.4 Å². The molecule has 0 fully saturated rings. The Kier molecular flexibility index (Phi) is 31.9. The summed E-state index contributed by atoms with van der Waals surface area (Å²) in [7, 11) is 0. The van der Waals surface area contributed by atoms with Crippen molar-refractivity contribution in [3.05, 3.63) is 0 Å². The largest absolute Gasteiger partial charge is 0.462 e. The van der Waals surface area contributed by atoms with E-state index in [1.807, 2.05) is 20.8 Å². The van der Waals surface area contributed by atoms with Gasteiger partial charge in [-0.05, 0) is 85.0 Å². The lowest BCUT2D eigenvalue weighted by Crippen LogP contribution is -2.38. The number of amides is 1. The average Bonchev–Trinajstić information content (AvgIpc) is 3.06. The molecule has 0 bridgehead atoms. The molecule has 0 atom stereocenters. The minimum absolute atomic E-state index is 0.0183. The van der Waals surface area contributed by atoms with Gasteiger partial charge in [-0.1, -0.05) is 130 Å². The lowest BCUT2D eigenvalue weighted by atomic mass is 10.0. The van der Waals surface area contributed by atoms with Crippen molar-refractivity contribution in [3.8, 4) is 0 Å². The zero-order chi connectivity index (χ0) is 37.3. The van der Waals surface area contributed by atoms with Gasteiger partial charge in [-0.15, -0.1) is 0 Å². The highest BCUT2D eigenvalue weighted by atomic mass is 16.6. The summed E-state index contributed by atoms with van der Waals surface area (Å²) in [4.78, 5) is 40.6. The molecule has 0 aliphatic carbocycles. The molecular formula is C43H83NO6. The highest BCUT2D eigenvalue weighted by molar-refractivity contribution is 5.71. The Bertz CT molecular complexity index is 730. The molecule has 0 aliphatic heterocycles. The topological polar surface area (TPSA) is 82.1 Å². The normalized spacial score (nSPS) is 11.7. The molecule has 0 aliphatic rings. The maximum atomic E-state index is 13.1. The summed E-state index contributed by atoms with van der Waals surface area (Å²) in [6.45, 7) is 15.2. The zero-order valence-electron chi connectivity index (χ0n) is 34.3. The summed E-state index contributed by atoms with van der Waals surface area (Å²) in [6.07, 6.45) is 28.9. The van der Waals surface area contributed by atoms with E-state index in [-0.39, 0.29) is 37.0 Å². The van der Waals surface area contributed by atoms with E-state index in [1.54, 1.807) is 4.90 Å². The van der Waals surface area contributed by atoms with Crippen molar-refractivity contribution in [2.45, 2.75) is 246 Å². The third-order valence-electron chi connectivity index (χ3n) is 9.38. The first-order chi connectivity index (χ1) is 24.1. The Morgan fingerprint density at radius 1 is 0.460 bits per heavy atom. The predicted molar refractivity (Wildman–Crippen MR) is 210 cm³/mol. The highest BCUT2D eigenvalue weighted by Gasteiger charge is 2.23. The number of rotatable bonds is 34. The number of carbonyl (C=O) groups is 3. The first-order valence-corrected chi connectivity index (χ1v) is 21.4. The first-order valence-electron chi connectivity index (χ1n) is 21.4. The molecule has 0 aromatic heterocycles. The van der Waals surface area contributed by atoms with Gasteiger partial charge >= 0.3 is 18.0 Å². The summed E-state index contributed by atoms with van der Waals surface area (Å²) in [6, 6.07) is 0. The van der Waals surface area contributed by atoms with Crippen molar-refractivity contribution in [1.82, 2.24) is 4.90 Å².